The van der Waals surface area contributed by atoms with E-state index in [0.717, 1.165) is 49.9 Å². The van der Waals surface area contributed by atoms with Crippen LogP contribution >= 0.6 is 35.7 Å². The van der Waals surface area contributed by atoms with Crippen molar-refractivity contribution < 1.29 is 9.21 Å². The highest BCUT2D eigenvalue weighted by atomic mass is 127. The van der Waals surface area contributed by atoms with Crippen molar-refractivity contribution in [3.8, 4) is 0 Å². The fourth-order valence-electron chi connectivity index (χ4n) is 3.26. The van der Waals surface area contributed by atoms with Crippen LogP contribution in [0, 0.1) is 0 Å². The van der Waals surface area contributed by atoms with E-state index in [1.54, 1.807) is 6.26 Å². The lowest BCUT2D eigenvalue weighted by atomic mass is 10.3. The summed E-state index contributed by atoms with van der Waals surface area (Å²) >= 11 is 1.82. The fourth-order valence-corrected chi connectivity index (χ4v) is 4.05. The number of aliphatic imine (C=N–C) groups is 1. The van der Waals surface area contributed by atoms with Crippen molar-refractivity contribution in [2.75, 3.05) is 31.9 Å². The van der Waals surface area contributed by atoms with E-state index in [1.165, 1.54) is 4.90 Å². The average Bonchev–Trinajstić information content (AvgIpc) is 3.43. The molecule has 2 N–H and O–H groups in total. The first-order chi connectivity index (χ1) is 14.2. The summed E-state index contributed by atoms with van der Waals surface area (Å²) in [4.78, 5) is 19.9. The number of likely N-dealkylation sites (tertiary alicyclic amines) is 1. The van der Waals surface area contributed by atoms with Crippen LogP contribution in [0.15, 0.2) is 63.0 Å². The Labute approximate surface area is 200 Å². The molecule has 164 valence electrons. The first-order valence-corrected chi connectivity index (χ1v) is 11.3. The monoisotopic (exact) mass is 542 g/mol. The number of rotatable bonds is 9. The SMILES string of the molecule is CCC(=O)N1CCC(NC(=NCCc2ccco2)NCCSc2ccccc2)C1.I. The predicted molar refractivity (Wildman–Crippen MR) is 134 cm³/mol. The standard InChI is InChI=1S/C22H30N4O2S.HI/c1-2-21(27)26-14-11-18(17-26)25-22(23-12-10-19-7-6-15-28-19)24-13-16-29-20-8-4-3-5-9-20;/h3-9,15,18H,2,10-14,16-17H2,1H3,(H2,23,24,25);1H. The Morgan fingerprint density at radius 1 is 1.27 bits per heavy atom. The second-order valence-electron chi connectivity index (χ2n) is 6.97. The highest BCUT2D eigenvalue weighted by Gasteiger charge is 2.25. The van der Waals surface area contributed by atoms with Gasteiger partial charge < -0.3 is 20.0 Å². The molecule has 0 aliphatic carbocycles. The normalized spacial score (nSPS) is 16.2. The van der Waals surface area contributed by atoms with E-state index in [0.29, 0.717) is 13.0 Å². The van der Waals surface area contributed by atoms with E-state index < -0.39 is 0 Å². The Morgan fingerprint density at radius 2 is 2.10 bits per heavy atom. The number of halogens is 1. The zero-order chi connectivity index (χ0) is 20.3. The van der Waals surface area contributed by atoms with Crippen molar-refractivity contribution in [1.29, 1.82) is 0 Å². The molecular weight excluding hydrogens is 511 g/mol. The minimum atomic E-state index is 0. The van der Waals surface area contributed by atoms with Gasteiger partial charge in [-0.05, 0) is 30.7 Å². The smallest absolute Gasteiger partial charge is 0.222 e. The minimum absolute atomic E-state index is 0. The van der Waals surface area contributed by atoms with Crippen LogP contribution in [-0.2, 0) is 11.2 Å². The molecular formula is C22H31IN4O2S. The third-order valence-electron chi connectivity index (χ3n) is 4.80. The molecule has 1 aliphatic rings. The maximum Gasteiger partial charge on any atom is 0.222 e. The number of guanidine groups is 1. The topological polar surface area (TPSA) is 69.9 Å². The molecule has 0 radical (unpaired) electrons. The van der Waals surface area contributed by atoms with Crippen molar-refractivity contribution in [2.24, 2.45) is 4.99 Å². The lowest BCUT2D eigenvalue weighted by Crippen LogP contribution is -2.45. The molecule has 2 heterocycles. The van der Waals surface area contributed by atoms with E-state index in [2.05, 4.69) is 34.9 Å². The number of thioether (sulfide) groups is 1. The van der Waals surface area contributed by atoms with Crippen LogP contribution in [0.25, 0.3) is 0 Å². The van der Waals surface area contributed by atoms with Crippen LogP contribution in [-0.4, -0.2) is 54.7 Å². The molecule has 1 fully saturated rings. The van der Waals surface area contributed by atoms with Crippen molar-refractivity contribution in [3.05, 3.63) is 54.5 Å². The summed E-state index contributed by atoms with van der Waals surface area (Å²) in [5.74, 6) is 2.92. The molecule has 3 rings (SSSR count). The third-order valence-corrected chi connectivity index (χ3v) is 5.81. The zero-order valence-electron chi connectivity index (χ0n) is 17.4. The van der Waals surface area contributed by atoms with Gasteiger partial charge in [0.2, 0.25) is 5.91 Å². The van der Waals surface area contributed by atoms with Crippen LogP contribution in [0.4, 0.5) is 0 Å². The van der Waals surface area contributed by atoms with E-state index in [9.17, 15) is 4.79 Å². The van der Waals surface area contributed by atoms with Gasteiger partial charge in [0.1, 0.15) is 5.76 Å². The van der Waals surface area contributed by atoms with Crippen LogP contribution in [0.2, 0.25) is 0 Å². The van der Waals surface area contributed by atoms with Gasteiger partial charge in [0, 0.05) is 55.7 Å². The zero-order valence-corrected chi connectivity index (χ0v) is 20.5. The Bertz CT molecular complexity index is 771. The molecule has 1 aromatic heterocycles. The molecule has 0 saturated carbocycles. The number of benzene rings is 1. The second kappa shape index (κ2) is 13.6. The van der Waals surface area contributed by atoms with Gasteiger partial charge in [0.05, 0.1) is 6.26 Å². The highest BCUT2D eigenvalue weighted by Crippen LogP contribution is 2.16. The lowest BCUT2D eigenvalue weighted by molar-refractivity contribution is -0.129. The quantitative estimate of drug-likeness (QED) is 0.166. The highest BCUT2D eigenvalue weighted by molar-refractivity contribution is 14.0. The molecule has 0 bridgehead atoms. The minimum Gasteiger partial charge on any atom is -0.469 e. The van der Waals surface area contributed by atoms with E-state index in [4.69, 9.17) is 9.41 Å². The van der Waals surface area contributed by atoms with Crippen molar-refractivity contribution in [2.45, 2.75) is 37.1 Å². The summed E-state index contributed by atoms with van der Waals surface area (Å²) in [7, 11) is 0. The summed E-state index contributed by atoms with van der Waals surface area (Å²) < 4.78 is 5.39. The molecule has 2 aromatic rings. The number of carbonyl (C=O) groups excluding carboxylic acids is 1. The summed E-state index contributed by atoms with van der Waals surface area (Å²) in [5, 5.41) is 6.95. The van der Waals surface area contributed by atoms with E-state index >= 15 is 0 Å². The van der Waals surface area contributed by atoms with Gasteiger partial charge >= 0.3 is 0 Å². The number of hydrogen-bond donors (Lipinski definition) is 2. The maximum atomic E-state index is 11.9. The summed E-state index contributed by atoms with van der Waals surface area (Å²) in [6.45, 7) is 4.93. The summed E-state index contributed by atoms with van der Waals surface area (Å²) in [6.07, 6.45) is 3.97. The molecule has 1 saturated heterocycles. The largest absolute Gasteiger partial charge is 0.469 e. The Balaban J connectivity index is 0.00000320. The summed E-state index contributed by atoms with van der Waals surface area (Å²) in [5.41, 5.74) is 0. The van der Waals surface area contributed by atoms with Gasteiger partial charge in [0.15, 0.2) is 5.96 Å². The van der Waals surface area contributed by atoms with Crippen molar-refractivity contribution >= 4 is 47.6 Å². The first-order valence-electron chi connectivity index (χ1n) is 10.3. The number of carbonyl (C=O) groups is 1. The van der Waals surface area contributed by atoms with Gasteiger partial charge in [-0.25, -0.2) is 0 Å². The number of nitrogens with one attached hydrogen (secondary N) is 2. The lowest BCUT2D eigenvalue weighted by Gasteiger charge is -2.19. The number of amides is 1. The molecule has 1 amide bonds. The first kappa shape index (κ1) is 24.6. The Kier molecular flexibility index (Phi) is 11.1. The molecule has 30 heavy (non-hydrogen) atoms. The van der Waals surface area contributed by atoms with E-state index in [-0.39, 0.29) is 35.9 Å². The van der Waals surface area contributed by atoms with Crippen LogP contribution in [0.1, 0.15) is 25.5 Å². The predicted octanol–water partition coefficient (Wildman–Crippen LogP) is 3.78. The Morgan fingerprint density at radius 3 is 2.83 bits per heavy atom. The second-order valence-corrected chi connectivity index (χ2v) is 8.14. The molecule has 1 aliphatic heterocycles. The van der Waals surface area contributed by atoms with Crippen LogP contribution in [0.3, 0.4) is 0 Å². The molecule has 1 aromatic carbocycles. The van der Waals surface area contributed by atoms with Gasteiger partial charge in [-0.15, -0.1) is 35.7 Å². The van der Waals surface area contributed by atoms with Gasteiger partial charge in [-0.2, -0.15) is 0 Å². The molecule has 1 atom stereocenters. The molecule has 8 heteroatoms. The molecule has 6 nitrogen and oxygen atoms in total. The maximum absolute atomic E-state index is 11.9. The van der Waals surface area contributed by atoms with E-state index in [1.807, 2.05) is 41.8 Å². The number of nitrogens with zero attached hydrogens (tertiary/aromatic N) is 2. The number of furan rings is 1. The van der Waals surface area contributed by atoms with Gasteiger partial charge in [0.25, 0.3) is 0 Å². The van der Waals surface area contributed by atoms with Crippen LogP contribution < -0.4 is 10.6 Å². The summed E-state index contributed by atoms with van der Waals surface area (Å²) in [6, 6.07) is 14.5. The third kappa shape index (κ3) is 8.22. The van der Waals surface area contributed by atoms with Crippen molar-refractivity contribution in [1.82, 2.24) is 15.5 Å². The van der Waals surface area contributed by atoms with Gasteiger partial charge in [-0.1, -0.05) is 25.1 Å². The molecule has 1 unspecified atom stereocenters. The van der Waals surface area contributed by atoms with Crippen molar-refractivity contribution in [3.63, 3.8) is 0 Å². The van der Waals surface area contributed by atoms with Gasteiger partial charge in [-0.3, -0.25) is 9.79 Å². The fraction of sp³-hybridized carbons (Fsp3) is 0.455. The number of hydrogen-bond acceptors (Lipinski definition) is 4. The van der Waals surface area contributed by atoms with Crippen LogP contribution in [0.5, 0.6) is 0 Å². The Hall–Kier alpha value is -1.68. The molecule has 0 spiro atoms. The average molecular weight is 542 g/mol.